The predicted octanol–water partition coefficient (Wildman–Crippen LogP) is 2.79. The summed E-state index contributed by atoms with van der Waals surface area (Å²) in [4.78, 5) is 0. The fraction of sp³-hybridized carbons (Fsp3) is 0.200. The molecule has 0 saturated carbocycles. The maximum absolute atomic E-state index is 10.3. The summed E-state index contributed by atoms with van der Waals surface area (Å²) < 4.78 is 10.4. The average molecular weight is 244 g/mol. The Hall–Kier alpha value is -2.00. The minimum atomic E-state index is -0.685. The number of rotatable bonds is 4. The van der Waals surface area contributed by atoms with Gasteiger partial charge in [0.1, 0.15) is 17.6 Å². The Bertz CT molecular complexity index is 486. The number of benzene rings is 2. The van der Waals surface area contributed by atoms with Gasteiger partial charge in [-0.15, -0.1) is 0 Å². The molecule has 0 saturated heterocycles. The zero-order valence-corrected chi connectivity index (χ0v) is 10.5. The van der Waals surface area contributed by atoms with Gasteiger partial charge in [-0.3, -0.25) is 0 Å². The summed E-state index contributed by atoms with van der Waals surface area (Å²) in [5.74, 6) is 1.33. The number of hydrogen-bond donors (Lipinski definition) is 1. The highest BCUT2D eigenvalue weighted by Gasteiger charge is 2.12. The lowest BCUT2D eigenvalue weighted by atomic mass is 10.0. The van der Waals surface area contributed by atoms with E-state index in [-0.39, 0.29) is 0 Å². The van der Waals surface area contributed by atoms with Gasteiger partial charge in [-0.2, -0.15) is 0 Å². The Balaban J connectivity index is 2.38. The lowest BCUT2D eigenvalue weighted by molar-refractivity contribution is 0.219. The molecule has 0 unspecified atom stereocenters. The summed E-state index contributed by atoms with van der Waals surface area (Å²) in [5, 5.41) is 10.3. The summed E-state index contributed by atoms with van der Waals surface area (Å²) in [6, 6.07) is 14.9. The first kappa shape index (κ1) is 12.5. The highest BCUT2D eigenvalue weighted by Crippen LogP contribution is 2.29. The van der Waals surface area contributed by atoms with Crippen molar-refractivity contribution in [1.82, 2.24) is 0 Å². The van der Waals surface area contributed by atoms with Crippen molar-refractivity contribution in [2.75, 3.05) is 14.2 Å². The van der Waals surface area contributed by atoms with E-state index in [2.05, 4.69) is 0 Å². The summed E-state index contributed by atoms with van der Waals surface area (Å²) in [7, 11) is 3.18. The molecule has 1 N–H and O–H groups in total. The SMILES string of the molecule is COc1cc(OC)cc([C@H](O)c2ccccc2)c1. The van der Waals surface area contributed by atoms with Crippen molar-refractivity contribution in [3.8, 4) is 11.5 Å². The van der Waals surface area contributed by atoms with Gasteiger partial charge in [-0.05, 0) is 23.3 Å². The van der Waals surface area contributed by atoms with Crippen LogP contribution in [0.5, 0.6) is 11.5 Å². The van der Waals surface area contributed by atoms with Crippen LogP contribution in [0.15, 0.2) is 48.5 Å². The second kappa shape index (κ2) is 5.56. The van der Waals surface area contributed by atoms with Gasteiger partial charge in [0.05, 0.1) is 14.2 Å². The van der Waals surface area contributed by atoms with Gasteiger partial charge in [0.15, 0.2) is 0 Å². The van der Waals surface area contributed by atoms with E-state index in [4.69, 9.17) is 9.47 Å². The molecule has 0 fully saturated rings. The third kappa shape index (κ3) is 2.63. The minimum Gasteiger partial charge on any atom is -0.497 e. The smallest absolute Gasteiger partial charge is 0.122 e. The average Bonchev–Trinajstić information content (AvgIpc) is 2.46. The van der Waals surface area contributed by atoms with Crippen molar-refractivity contribution in [2.45, 2.75) is 6.10 Å². The molecule has 18 heavy (non-hydrogen) atoms. The van der Waals surface area contributed by atoms with E-state index in [1.54, 1.807) is 32.4 Å². The summed E-state index contributed by atoms with van der Waals surface area (Å²) in [6.45, 7) is 0. The van der Waals surface area contributed by atoms with Gasteiger partial charge >= 0.3 is 0 Å². The second-order valence-corrected chi connectivity index (χ2v) is 3.96. The maximum Gasteiger partial charge on any atom is 0.122 e. The van der Waals surface area contributed by atoms with Crippen LogP contribution >= 0.6 is 0 Å². The molecule has 0 spiro atoms. The molecular weight excluding hydrogens is 228 g/mol. The van der Waals surface area contributed by atoms with Crippen LogP contribution in [0.2, 0.25) is 0 Å². The number of hydrogen-bond acceptors (Lipinski definition) is 3. The third-order valence-electron chi connectivity index (χ3n) is 2.80. The Labute approximate surface area is 107 Å². The van der Waals surface area contributed by atoms with Crippen molar-refractivity contribution >= 4 is 0 Å². The zero-order chi connectivity index (χ0) is 13.0. The molecule has 1 atom stereocenters. The molecule has 0 bridgehead atoms. The molecule has 0 heterocycles. The summed E-state index contributed by atoms with van der Waals surface area (Å²) in [5.41, 5.74) is 1.59. The molecule has 0 radical (unpaired) electrons. The Kier molecular flexibility index (Phi) is 3.85. The van der Waals surface area contributed by atoms with Crippen molar-refractivity contribution in [2.24, 2.45) is 0 Å². The first-order chi connectivity index (χ1) is 8.74. The first-order valence-electron chi connectivity index (χ1n) is 5.70. The lowest BCUT2D eigenvalue weighted by Crippen LogP contribution is -2.00. The van der Waals surface area contributed by atoms with Crippen LogP contribution < -0.4 is 9.47 Å². The summed E-state index contributed by atoms with van der Waals surface area (Å²) >= 11 is 0. The number of methoxy groups -OCH3 is 2. The molecule has 0 amide bonds. The van der Waals surface area contributed by atoms with E-state index in [0.29, 0.717) is 11.5 Å². The fourth-order valence-corrected chi connectivity index (χ4v) is 1.82. The van der Waals surface area contributed by atoms with Gasteiger partial charge in [0, 0.05) is 6.07 Å². The van der Waals surface area contributed by atoms with E-state index < -0.39 is 6.10 Å². The maximum atomic E-state index is 10.3. The standard InChI is InChI=1S/C15H16O3/c1-17-13-8-12(9-14(10-13)18-2)15(16)11-6-4-3-5-7-11/h3-10,15-16H,1-2H3/t15-/m1/s1. The van der Waals surface area contributed by atoms with Crippen LogP contribution in [0.1, 0.15) is 17.2 Å². The second-order valence-electron chi connectivity index (χ2n) is 3.96. The highest BCUT2D eigenvalue weighted by atomic mass is 16.5. The largest absolute Gasteiger partial charge is 0.497 e. The van der Waals surface area contributed by atoms with Gasteiger partial charge in [-0.25, -0.2) is 0 Å². The van der Waals surface area contributed by atoms with Crippen LogP contribution in [0.25, 0.3) is 0 Å². The van der Waals surface area contributed by atoms with Crippen LogP contribution in [0.4, 0.5) is 0 Å². The summed E-state index contributed by atoms with van der Waals surface area (Å²) in [6.07, 6.45) is -0.685. The van der Waals surface area contributed by atoms with Crippen LogP contribution in [-0.4, -0.2) is 19.3 Å². The number of aliphatic hydroxyl groups excluding tert-OH is 1. The molecule has 2 aromatic rings. The highest BCUT2D eigenvalue weighted by molar-refractivity contribution is 5.42. The molecule has 0 aliphatic carbocycles. The van der Waals surface area contributed by atoms with Crippen molar-refractivity contribution < 1.29 is 14.6 Å². The molecular formula is C15H16O3. The van der Waals surface area contributed by atoms with Gasteiger partial charge < -0.3 is 14.6 Å². The zero-order valence-electron chi connectivity index (χ0n) is 10.5. The monoisotopic (exact) mass is 244 g/mol. The topological polar surface area (TPSA) is 38.7 Å². The molecule has 94 valence electrons. The van der Waals surface area contributed by atoms with E-state index >= 15 is 0 Å². The first-order valence-corrected chi connectivity index (χ1v) is 5.70. The lowest BCUT2D eigenvalue weighted by Gasteiger charge is -2.14. The van der Waals surface area contributed by atoms with Crippen LogP contribution in [0.3, 0.4) is 0 Å². The Morgan fingerprint density at radius 3 is 1.89 bits per heavy atom. The van der Waals surface area contributed by atoms with E-state index in [9.17, 15) is 5.11 Å². The molecule has 0 aliphatic rings. The number of ether oxygens (including phenoxy) is 2. The third-order valence-corrected chi connectivity index (χ3v) is 2.80. The van der Waals surface area contributed by atoms with Crippen molar-refractivity contribution in [1.29, 1.82) is 0 Å². The predicted molar refractivity (Wildman–Crippen MR) is 70.0 cm³/mol. The molecule has 0 aromatic heterocycles. The van der Waals surface area contributed by atoms with Gasteiger partial charge in [-0.1, -0.05) is 30.3 Å². The van der Waals surface area contributed by atoms with Crippen molar-refractivity contribution in [3.63, 3.8) is 0 Å². The number of aliphatic hydroxyl groups is 1. The van der Waals surface area contributed by atoms with E-state index in [1.165, 1.54) is 0 Å². The van der Waals surface area contributed by atoms with Gasteiger partial charge in [0.2, 0.25) is 0 Å². The molecule has 3 heteroatoms. The van der Waals surface area contributed by atoms with E-state index in [0.717, 1.165) is 11.1 Å². The quantitative estimate of drug-likeness (QED) is 0.898. The van der Waals surface area contributed by atoms with Crippen LogP contribution in [0, 0.1) is 0 Å². The molecule has 2 aromatic carbocycles. The Morgan fingerprint density at radius 1 is 0.833 bits per heavy atom. The van der Waals surface area contributed by atoms with Crippen molar-refractivity contribution in [3.05, 3.63) is 59.7 Å². The minimum absolute atomic E-state index is 0.666. The fourth-order valence-electron chi connectivity index (χ4n) is 1.82. The Morgan fingerprint density at radius 2 is 1.39 bits per heavy atom. The van der Waals surface area contributed by atoms with Gasteiger partial charge in [0.25, 0.3) is 0 Å². The van der Waals surface area contributed by atoms with Crippen LogP contribution in [-0.2, 0) is 0 Å². The van der Waals surface area contributed by atoms with E-state index in [1.807, 2.05) is 30.3 Å². The molecule has 0 aliphatic heterocycles. The molecule has 2 rings (SSSR count). The normalized spacial score (nSPS) is 11.9. The molecule has 3 nitrogen and oxygen atoms in total.